The van der Waals surface area contributed by atoms with Gasteiger partial charge in [0, 0.05) is 4.88 Å². The molecule has 3 heteroatoms. The van der Waals surface area contributed by atoms with Gasteiger partial charge >= 0.3 is 0 Å². The molecule has 1 heterocycles. The maximum absolute atomic E-state index is 13.3. The average molecular weight is 241 g/mol. The van der Waals surface area contributed by atoms with Crippen molar-refractivity contribution >= 4 is 22.9 Å². The van der Waals surface area contributed by atoms with Crippen LogP contribution in [0.1, 0.15) is 15.8 Å². The van der Waals surface area contributed by atoms with Gasteiger partial charge in [-0.05, 0) is 29.5 Å². The molecule has 0 nitrogen and oxygen atoms in total. The van der Waals surface area contributed by atoms with Crippen molar-refractivity contribution in [2.45, 2.75) is 11.8 Å². The summed E-state index contributed by atoms with van der Waals surface area (Å²) in [5.41, 5.74) is 0.672. The zero-order valence-electron chi connectivity index (χ0n) is 7.99. The summed E-state index contributed by atoms with van der Waals surface area (Å²) in [6.45, 7) is 0. The smallest absolute Gasteiger partial charge is 0.126 e. The lowest BCUT2D eigenvalue weighted by Crippen LogP contribution is -1.96. The topological polar surface area (TPSA) is 0 Å². The predicted octanol–water partition coefficient (Wildman–Crippen LogP) is 4.41. The third-order valence-electron chi connectivity index (χ3n) is 2.21. The summed E-state index contributed by atoms with van der Waals surface area (Å²) in [4.78, 5) is 1.08. The fraction of sp³-hybridized carbons (Fsp3) is 0.167. The molecule has 1 aromatic heterocycles. The number of benzene rings is 1. The largest absolute Gasteiger partial charge is 0.207 e. The van der Waals surface area contributed by atoms with Crippen LogP contribution in [0.2, 0.25) is 0 Å². The standard InChI is InChI=1S/C12H10ClFS/c13-10(12-6-3-7-15-12)8-9-4-1-2-5-11(9)14/h1-7,10H,8H2. The second kappa shape index (κ2) is 4.77. The Kier molecular flexibility index (Phi) is 3.39. The molecular formula is C12H10ClFS. The van der Waals surface area contributed by atoms with Gasteiger partial charge in [0.15, 0.2) is 0 Å². The molecule has 0 spiro atoms. The van der Waals surface area contributed by atoms with Crippen molar-refractivity contribution in [3.05, 3.63) is 58.0 Å². The highest BCUT2D eigenvalue weighted by molar-refractivity contribution is 7.10. The molecule has 1 aromatic carbocycles. The van der Waals surface area contributed by atoms with Gasteiger partial charge in [-0.15, -0.1) is 22.9 Å². The van der Waals surface area contributed by atoms with Gasteiger partial charge in [-0.1, -0.05) is 24.3 Å². The molecule has 1 atom stereocenters. The zero-order valence-corrected chi connectivity index (χ0v) is 9.56. The number of hydrogen-bond donors (Lipinski definition) is 0. The minimum Gasteiger partial charge on any atom is -0.207 e. The maximum atomic E-state index is 13.3. The lowest BCUT2D eigenvalue weighted by molar-refractivity contribution is 0.608. The van der Waals surface area contributed by atoms with E-state index in [4.69, 9.17) is 11.6 Å². The molecule has 0 aliphatic rings. The molecule has 15 heavy (non-hydrogen) atoms. The zero-order chi connectivity index (χ0) is 10.7. The van der Waals surface area contributed by atoms with Crippen molar-refractivity contribution in [3.8, 4) is 0 Å². The molecule has 0 fully saturated rings. The van der Waals surface area contributed by atoms with E-state index < -0.39 is 0 Å². The number of alkyl halides is 1. The van der Waals surface area contributed by atoms with Gasteiger partial charge in [0.2, 0.25) is 0 Å². The summed E-state index contributed by atoms with van der Waals surface area (Å²) < 4.78 is 13.3. The lowest BCUT2D eigenvalue weighted by Gasteiger charge is -2.07. The third-order valence-corrected chi connectivity index (χ3v) is 3.71. The van der Waals surface area contributed by atoms with Crippen molar-refractivity contribution in [1.29, 1.82) is 0 Å². The van der Waals surface area contributed by atoms with E-state index in [1.807, 2.05) is 23.6 Å². The molecule has 0 N–H and O–H groups in total. The Hall–Kier alpha value is -0.860. The maximum Gasteiger partial charge on any atom is 0.126 e. The number of hydrogen-bond acceptors (Lipinski definition) is 1. The molecule has 0 aliphatic carbocycles. The second-order valence-corrected chi connectivity index (χ2v) is 4.78. The Balaban J connectivity index is 2.13. The van der Waals surface area contributed by atoms with Crippen LogP contribution in [0.3, 0.4) is 0 Å². The van der Waals surface area contributed by atoms with Gasteiger partial charge in [-0.3, -0.25) is 0 Å². The first kappa shape index (κ1) is 10.7. The molecule has 0 aliphatic heterocycles. The van der Waals surface area contributed by atoms with Crippen LogP contribution in [0, 0.1) is 5.82 Å². The molecule has 0 amide bonds. The summed E-state index contributed by atoms with van der Waals surface area (Å²) in [5.74, 6) is -0.181. The van der Waals surface area contributed by atoms with Crippen LogP contribution < -0.4 is 0 Å². The van der Waals surface area contributed by atoms with E-state index in [1.54, 1.807) is 23.5 Å². The van der Waals surface area contributed by atoms with Crippen molar-refractivity contribution in [2.24, 2.45) is 0 Å². The Labute approximate surface area is 97.3 Å². The van der Waals surface area contributed by atoms with Crippen molar-refractivity contribution in [1.82, 2.24) is 0 Å². The molecule has 0 bridgehead atoms. The van der Waals surface area contributed by atoms with E-state index in [1.165, 1.54) is 6.07 Å². The molecule has 0 radical (unpaired) electrons. The van der Waals surface area contributed by atoms with Crippen molar-refractivity contribution < 1.29 is 4.39 Å². The number of halogens is 2. The summed E-state index contributed by atoms with van der Waals surface area (Å²) in [5, 5.41) is 1.84. The minimum absolute atomic E-state index is 0.137. The minimum atomic E-state index is -0.181. The van der Waals surface area contributed by atoms with Crippen LogP contribution >= 0.6 is 22.9 Å². The second-order valence-electron chi connectivity index (χ2n) is 3.28. The summed E-state index contributed by atoms with van der Waals surface area (Å²) in [6, 6.07) is 10.7. The van der Waals surface area contributed by atoms with E-state index in [9.17, 15) is 4.39 Å². The third kappa shape index (κ3) is 2.58. The summed E-state index contributed by atoms with van der Waals surface area (Å²) in [6.07, 6.45) is 0.536. The fourth-order valence-corrected chi connectivity index (χ4v) is 2.52. The lowest BCUT2D eigenvalue weighted by atomic mass is 10.1. The van der Waals surface area contributed by atoms with Crippen LogP contribution in [-0.2, 0) is 6.42 Å². The first-order valence-corrected chi connectivity index (χ1v) is 6.00. The van der Waals surface area contributed by atoms with Crippen LogP contribution in [0.5, 0.6) is 0 Å². The van der Waals surface area contributed by atoms with Gasteiger partial charge in [0.1, 0.15) is 5.82 Å². The molecule has 0 saturated heterocycles. The van der Waals surface area contributed by atoms with Crippen LogP contribution in [0.15, 0.2) is 41.8 Å². The van der Waals surface area contributed by atoms with Crippen molar-refractivity contribution in [2.75, 3.05) is 0 Å². The van der Waals surface area contributed by atoms with Gasteiger partial charge in [-0.25, -0.2) is 4.39 Å². The van der Waals surface area contributed by atoms with Crippen LogP contribution in [-0.4, -0.2) is 0 Å². The number of thiophene rings is 1. The van der Waals surface area contributed by atoms with Gasteiger partial charge < -0.3 is 0 Å². The highest BCUT2D eigenvalue weighted by Gasteiger charge is 2.11. The molecule has 2 aromatic rings. The molecule has 0 saturated carbocycles. The Bertz CT molecular complexity index is 425. The van der Waals surface area contributed by atoms with Crippen LogP contribution in [0.4, 0.5) is 4.39 Å². The Morgan fingerprint density at radius 2 is 2.00 bits per heavy atom. The van der Waals surface area contributed by atoms with E-state index in [0.29, 0.717) is 12.0 Å². The Morgan fingerprint density at radius 1 is 1.20 bits per heavy atom. The van der Waals surface area contributed by atoms with E-state index in [0.717, 1.165) is 4.88 Å². The van der Waals surface area contributed by atoms with E-state index in [2.05, 4.69) is 0 Å². The normalized spacial score (nSPS) is 12.7. The highest BCUT2D eigenvalue weighted by Crippen LogP contribution is 2.29. The first-order valence-electron chi connectivity index (χ1n) is 4.68. The molecule has 78 valence electrons. The molecular weight excluding hydrogens is 231 g/mol. The van der Waals surface area contributed by atoms with Crippen LogP contribution in [0.25, 0.3) is 0 Å². The van der Waals surface area contributed by atoms with Gasteiger partial charge in [0.05, 0.1) is 5.38 Å². The van der Waals surface area contributed by atoms with Gasteiger partial charge in [0.25, 0.3) is 0 Å². The van der Waals surface area contributed by atoms with Gasteiger partial charge in [-0.2, -0.15) is 0 Å². The molecule has 1 unspecified atom stereocenters. The van der Waals surface area contributed by atoms with E-state index >= 15 is 0 Å². The monoisotopic (exact) mass is 240 g/mol. The predicted molar refractivity (Wildman–Crippen MR) is 63.0 cm³/mol. The van der Waals surface area contributed by atoms with E-state index in [-0.39, 0.29) is 11.2 Å². The quantitative estimate of drug-likeness (QED) is 0.698. The summed E-state index contributed by atoms with van der Waals surface area (Å²) >= 11 is 7.80. The van der Waals surface area contributed by atoms with Crippen molar-refractivity contribution in [3.63, 3.8) is 0 Å². The average Bonchev–Trinajstić information content (AvgIpc) is 2.74. The Morgan fingerprint density at radius 3 is 2.67 bits per heavy atom. The molecule has 2 rings (SSSR count). The number of rotatable bonds is 3. The highest BCUT2D eigenvalue weighted by atomic mass is 35.5. The SMILES string of the molecule is Fc1ccccc1CC(Cl)c1cccs1. The fourth-order valence-electron chi connectivity index (χ4n) is 1.43. The summed E-state index contributed by atoms with van der Waals surface area (Å²) in [7, 11) is 0. The first-order chi connectivity index (χ1) is 7.27.